The van der Waals surface area contributed by atoms with Crippen LogP contribution in [0.5, 0.6) is 0 Å². The molecular formula is C13H19N. The molecule has 0 aliphatic carbocycles. The normalized spacial score (nSPS) is 13.1. The Morgan fingerprint density at radius 3 is 2.50 bits per heavy atom. The molecule has 1 unspecified atom stereocenters. The second-order valence-corrected chi connectivity index (χ2v) is 3.52. The van der Waals surface area contributed by atoms with E-state index in [1.54, 1.807) is 0 Å². The number of allylic oxidation sites excluding steroid dienone is 1. The molecule has 0 saturated carbocycles. The highest BCUT2D eigenvalue weighted by Gasteiger charge is 2.04. The maximum atomic E-state index is 2.27. The van der Waals surface area contributed by atoms with Crippen LogP contribution in [0.15, 0.2) is 42.5 Å². The van der Waals surface area contributed by atoms with E-state index >= 15 is 0 Å². The van der Waals surface area contributed by atoms with Crippen LogP contribution in [0, 0.1) is 0 Å². The van der Waals surface area contributed by atoms with Gasteiger partial charge in [0.15, 0.2) is 0 Å². The lowest BCUT2D eigenvalue weighted by atomic mass is 10.2. The smallest absolute Gasteiger partial charge is 0.0441 e. The number of para-hydroxylation sites is 1. The molecule has 0 fully saturated rings. The van der Waals surface area contributed by atoms with Crippen molar-refractivity contribution in [2.75, 3.05) is 11.9 Å². The molecule has 0 saturated heterocycles. The lowest BCUT2D eigenvalue weighted by Crippen LogP contribution is -2.26. The third-order valence-corrected chi connectivity index (χ3v) is 2.42. The first-order chi connectivity index (χ1) is 6.75. The molecule has 0 aliphatic rings. The second kappa shape index (κ2) is 5.48. The van der Waals surface area contributed by atoms with Gasteiger partial charge in [-0.05, 0) is 25.5 Å². The Hall–Kier alpha value is -1.24. The van der Waals surface area contributed by atoms with E-state index in [0.717, 1.165) is 6.42 Å². The maximum Gasteiger partial charge on any atom is 0.0441 e. The van der Waals surface area contributed by atoms with Gasteiger partial charge in [0.2, 0.25) is 0 Å². The minimum atomic E-state index is 0.456. The van der Waals surface area contributed by atoms with Crippen LogP contribution >= 0.6 is 0 Å². The van der Waals surface area contributed by atoms with E-state index in [9.17, 15) is 0 Å². The zero-order valence-electron chi connectivity index (χ0n) is 9.27. The zero-order valence-corrected chi connectivity index (χ0v) is 9.27. The average molecular weight is 189 g/mol. The number of anilines is 1. The third kappa shape index (κ3) is 2.91. The number of hydrogen-bond donors (Lipinski definition) is 0. The molecule has 14 heavy (non-hydrogen) atoms. The highest BCUT2D eigenvalue weighted by atomic mass is 15.1. The minimum absolute atomic E-state index is 0.456. The summed E-state index contributed by atoms with van der Waals surface area (Å²) < 4.78 is 0. The van der Waals surface area contributed by atoms with Gasteiger partial charge in [-0.3, -0.25) is 0 Å². The Kier molecular flexibility index (Phi) is 4.24. The van der Waals surface area contributed by atoms with E-state index in [-0.39, 0.29) is 0 Å². The standard InChI is InChI=1S/C13H19N/c1-4-5-9-12(2)14(3)13-10-7-6-8-11-13/h5-12H,4H2,1-3H3. The fraction of sp³-hybridized carbons (Fsp3) is 0.385. The number of nitrogens with zero attached hydrogens (tertiary/aromatic N) is 1. The predicted octanol–water partition coefficient (Wildman–Crippen LogP) is 3.48. The lowest BCUT2D eigenvalue weighted by molar-refractivity contribution is 0.819. The van der Waals surface area contributed by atoms with E-state index in [2.05, 4.69) is 62.2 Å². The third-order valence-electron chi connectivity index (χ3n) is 2.42. The number of hydrogen-bond acceptors (Lipinski definition) is 1. The van der Waals surface area contributed by atoms with Gasteiger partial charge in [-0.2, -0.15) is 0 Å². The molecule has 0 bridgehead atoms. The number of benzene rings is 1. The van der Waals surface area contributed by atoms with Crippen molar-refractivity contribution in [3.05, 3.63) is 42.5 Å². The summed E-state index contributed by atoms with van der Waals surface area (Å²) in [4.78, 5) is 2.27. The average Bonchev–Trinajstić information content (AvgIpc) is 2.26. The second-order valence-electron chi connectivity index (χ2n) is 3.52. The van der Waals surface area contributed by atoms with Gasteiger partial charge in [0.25, 0.3) is 0 Å². The van der Waals surface area contributed by atoms with Crippen molar-refractivity contribution in [1.82, 2.24) is 0 Å². The molecule has 1 heteroatoms. The Bertz CT molecular complexity index is 277. The predicted molar refractivity (Wildman–Crippen MR) is 63.7 cm³/mol. The molecule has 1 nitrogen and oxygen atoms in total. The van der Waals surface area contributed by atoms with E-state index < -0.39 is 0 Å². The van der Waals surface area contributed by atoms with Gasteiger partial charge in [0.1, 0.15) is 0 Å². The topological polar surface area (TPSA) is 3.24 Å². The van der Waals surface area contributed by atoms with Gasteiger partial charge in [0, 0.05) is 18.8 Å². The molecule has 0 aliphatic heterocycles. The van der Waals surface area contributed by atoms with Crippen molar-refractivity contribution in [2.45, 2.75) is 26.3 Å². The van der Waals surface area contributed by atoms with Crippen LogP contribution in [0.25, 0.3) is 0 Å². The molecule has 1 atom stereocenters. The van der Waals surface area contributed by atoms with Crippen LogP contribution in [-0.4, -0.2) is 13.1 Å². The molecule has 1 rings (SSSR count). The first-order valence-electron chi connectivity index (χ1n) is 5.20. The zero-order chi connectivity index (χ0) is 10.4. The maximum absolute atomic E-state index is 2.27. The summed E-state index contributed by atoms with van der Waals surface area (Å²) in [6, 6.07) is 10.9. The molecule has 0 spiro atoms. The van der Waals surface area contributed by atoms with E-state index in [4.69, 9.17) is 0 Å². The van der Waals surface area contributed by atoms with E-state index in [1.807, 2.05) is 6.07 Å². The Morgan fingerprint density at radius 1 is 1.29 bits per heavy atom. The number of likely N-dealkylation sites (N-methyl/N-ethyl adjacent to an activating group) is 1. The van der Waals surface area contributed by atoms with Gasteiger partial charge in [-0.15, -0.1) is 0 Å². The molecule has 0 aromatic heterocycles. The molecule has 0 amide bonds. The lowest BCUT2D eigenvalue weighted by Gasteiger charge is -2.24. The summed E-state index contributed by atoms with van der Waals surface area (Å²) in [7, 11) is 2.12. The van der Waals surface area contributed by atoms with Gasteiger partial charge in [-0.1, -0.05) is 37.3 Å². The van der Waals surface area contributed by atoms with Crippen LogP contribution in [0.3, 0.4) is 0 Å². The van der Waals surface area contributed by atoms with Crippen LogP contribution in [0.2, 0.25) is 0 Å². The largest absolute Gasteiger partial charge is 0.368 e. The summed E-state index contributed by atoms with van der Waals surface area (Å²) in [5.74, 6) is 0. The SMILES string of the molecule is CCC=CC(C)N(C)c1ccccc1. The Labute approximate surface area is 87.1 Å². The van der Waals surface area contributed by atoms with Crippen molar-refractivity contribution >= 4 is 5.69 Å². The van der Waals surface area contributed by atoms with Crippen molar-refractivity contribution in [2.24, 2.45) is 0 Å². The van der Waals surface area contributed by atoms with Gasteiger partial charge >= 0.3 is 0 Å². The van der Waals surface area contributed by atoms with Crippen LogP contribution in [0.4, 0.5) is 5.69 Å². The molecule has 1 aromatic carbocycles. The fourth-order valence-electron chi connectivity index (χ4n) is 1.36. The summed E-state index contributed by atoms with van der Waals surface area (Å²) in [5.41, 5.74) is 1.26. The van der Waals surface area contributed by atoms with Crippen molar-refractivity contribution in [3.63, 3.8) is 0 Å². The first kappa shape index (κ1) is 10.8. The Balaban J connectivity index is 2.65. The molecule has 0 N–H and O–H groups in total. The highest BCUT2D eigenvalue weighted by Crippen LogP contribution is 2.14. The van der Waals surface area contributed by atoms with Crippen LogP contribution in [0.1, 0.15) is 20.3 Å². The molecular weight excluding hydrogens is 170 g/mol. The van der Waals surface area contributed by atoms with Gasteiger partial charge in [0.05, 0.1) is 0 Å². The quantitative estimate of drug-likeness (QED) is 0.655. The van der Waals surface area contributed by atoms with E-state index in [1.165, 1.54) is 5.69 Å². The molecule has 76 valence electrons. The summed E-state index contributed by atoms with van der Waals surface area (Å²) in [5, 5.41) is 0. The van der Waals surface area contributed by atoms with Crippen molar-refractivity contribution in [1.29, 1.82) is 0 Å². The molecule has 1 aromatic rings. The summed E-state index contributed by atoms with van der Waals surface area (Å²) in [6.45, 7) is 4.37. The highest BCUT2D eigenvalue weighted by molar-refractivity contribution is 5.46. The fourth-order valence-corrected chi connectivity index (χ4v) is 1.36. The number of rotatable bonds is 4. The van der Waals surface area contributed by atoms with Crippen LogP contribution < -0.4 is 4.90 Å². The molecule has 0 heterocycles. The van der Waals surface area contributed by atoms with Crippen molar-refractivity contribution < 1.29 is 0 Å². The summed E-state index contributed by atoms with van der Waals surface area (Å²) in [6.07, 6.45) is 5.56. The monoisotopic (exact) mass is 189 g/mol. The summed E-state index contributed by atoms with van der Waals surface area (Å²) >= 11 is 0. The Morgan fingerprint density at radius 2 is 1.93 bits per heavy atom. The van der Waals surface area contributed by atoms with E-state index in [0.29, 0.717) is 6.04 Å². The minimum Gasteiger partial charge on any atom is -0.368 e. The van der Waals surface area contributed by atoms with Gasteiger partial charge < -0.3 is 4.90 Å². The molecule has 0 radical (unpaired) electrons. The van der Waals surface area contributed by atoms with Crippen LogP contribution in [-0.2, 0) is 0 Å². The van der Waals surface area contributed by atoms with Gasteiger partial charge in [-0.25, -0.2) is 0 Å². The van der Waals surface area contributed by atoms with Crippen molar-refractivity contribution in [3.8, 4) is 0 Å². The first-order valence-corrected chi connectivity index (χ1v) is 5.20.